The second kappa shape index (κ2) is 2.70. The van der Waals surface area contributed by atoms with E-state index >= 15 is 0 Å². The average molecular weight is 152 g/mol. The normalized spacial score (nSPS) is 25.4. The standard InChI is InChI=1S/C7H8N2O2/c1-4(3-8)6-5(2)7(10)11-9-6/h4-5H,1-2H3. The van der Waals surface area contributed by atoms with Crippen LogP contribution in [0.3, 0.4) is 0 Å². The third kappa shape index (κ3) is 1.22. The largest absolute Gasteiger partial charge is 0.343 e. The van der Waals surface area contributed by atoms with Gasteiger partial charge in [-0.1, -0.05) is 5.16 Å². The van der Waals surface area contributed by atoms with E-state index in [1.165, 1.54) is 0 Å². The molecule has 0 aromatic rings. The second-order valence-electron chi connectivity index (χ2n) is 2.50. The van der Waals surface area contributed by atoms with Crippen molar-refractivity contribution in [2.75, 3.05) is 0 Å². The lowest BCUT2D eigenvalue weighted by Gasteiger charge is -2.01. The van der Waals surface area contributed by atoms with E-state index in [1.54, 1.807) is 13.8 Å². The van der Waals surface area contributed by atoms with Gasteiger partial charge in [-0.25, -0.2) is 4.79 Å². The Kier molecular flexibility index (Phi) is 1.90. The van der Waals surface area contributed by atoms with Crippen molar-refractivity contribution in [3.8, 4) is 6.07 Å². The molecule has 0 spiro atoms. The van der Waals surface area contributed by atoms with Gasteiger partial charge in [0.25, 0.3) is 0 Å². The van der Waals surface area contributed by atoms with Gasteiger partial charge < -0.3 is 4.84 Å². The molecule has 4 heteroatoms. The second-order valence-corrected chi connectivity index (χ2v) is 2.50. The molecule has 4 nitrogen and oxygen atoms in total. The number of nitriles is 1. The molecular weight excluding hydrogens is 144 g/mol. The first-order valence-corrected chi connectivity index (χ1v) is 3.35. The Morgan fingerprint density at radius 1 is 1.82 bits per heavy atom. The summed E-state index contributed by atoms with van der Waals surface area (Å²) in [7, 11) is 0. The van der Waals surface area contributed by atoms with Crippen LogP contribution < -0.4 is 0 Å². The predicted octanol–water partition coefficient (Wildman–Crippen LogP) is 0.695. The molecule has 2 unspecified atom stereocenters. The molecule has 1 aliphatic heterocycles. The summed E-state index contributed by atoms with van der Waals surface area (Å²) in [6, 6.07) is 1.99. The van der Waals surface area contributed by atoms with Gasteiger partial charge in [-0.3, -0.25) is 0 Å². The highest BCUT2D eigenvalue weighted by Crippen LogP contribution is 2.16. The van der Waals surface area contributed by atoms with Crippen LogP contribution in [0.5, 0.6) is 0 Å². The van der Waals surface area contributed by atoms with Crippen LogP contribution in [0, 0.1) is 23.2 Å². The maximum absolute atomic E-state index is 10.8. The summed E-state index contributed by atoms with van der Waals surface area (Å²) in [5, 5.41) is 12.0. The van der Waals surface area contributed by atoms with Gasteiger partial charge in [0.15, 0.2) is 0 Å². The highest BCUT2D eigenvalue weighted by Gasteiger charge is 2.31. The molecule has 0 bridgehead atoms. The monoisotopic (exact) mass is 152 g/mol. The summed E-state index contributed by atoms with van der Waals surface area (Å²) < 4.78 is 0. The van der Waals surface area contributed by atoms with E-state index in [2.05, 4.69) is 9.99 Å². The Morgan fingerprint density at radius 2 is 2.45 bits per heavy atom. The van der Waals surface area contributed by atoms with Gasteiger partial charge >= 0.3 is 5.97 Å². The number of hydrogen-bond acceptors (Lipinski definition) is 4. The Bertz CT molecular complexity index is 252. The van der Waals surface area contributed by atoms with Crippen LogP contribution in [-0.2, 0) is 9.63 Å². The van der Waals surface area contributed by atoms with Crippen LogP contribution in [0.4, 0.5) is 0 Å². The van der Waals surface area contributed by atoms with E-state index in [4.69, 9.17) is 5.26 Å². The molecule has 0 N–H and O–H groups in total. The van der Waals surface area contributed by atoms with Crippen molar-refractivity contribution in [2.45, 2.75) is 13.8 Å². The number of carbonyl (C=O) groups excluding carboxylic acids is 1. The molecule has 0 aliphatic carbocycles. The molecule has 0 aromatic heterocycles. The number of oxime groups is 1. The van der Waals surface area contributed by atoms with Crippen molar-refractivity contribution in [3.63, 3.8) is 0 Å². The zero-order valence-corrected chi connectivity index (χ0v) is 6.37. The van der Waals surface area contributed by atoms with Crippen molar-refractivity contribution >= 4 is 11.7 Å². The third-order valence-corrected chi connectivity index (χ3v) is 1.68. The topological polar surface area (TPSA) is 62.4 Å². The quantitative estimate of drug-likeness (QED) is 0.519. The Hall–Kier alpha value is -1.37. The predicted molar refractivity (Wildman–Crippen MR) is 37.5 cm³/mol. The molecule has 11 heavy (non-hydrogen) atoms. The molecule has 0 radical (unpaired) electrons. The van der Waals surface area contributed by atoms with Crippen molar-refractivity contribution in [3.05, 3.63) is 0 Å². The Balaban J connectivity index is 2.77. The van der Waals surface area contributed by atoms with Gasteiger partial charge in [-0.2, -0.15) is 5.26 Å². The summed E-state index contributed by atoms with van der Waals surface area (Å²) in [5.41, 5.74) is 0.525. The summed E-state index contributed by atoms with van der Waals surface area (Å²) in [5.74, 6) is -1.07. The maximum atomic E-state index is 10.8. The Labute approximate surface area is 64.4 Å². The summed E-state index contributed by atoms with van der Waals surface area (Å²) in [4.78, 5) is 15.2. The van der Waals surface area contributed by atoms with E-state index < -0.39 is 0 Å². The Morgan fingerprint density at radius 3 is 2.82 bits per heavy atom. The van der Waals surface area contributed by atoms with Crippen molar-refractivity contribution in [2.24, 2.45) is 17.0 Å². The molecule has 1 aliphatic rings. The minimum absolute atomic E-state index is 0.337. The van der Waals surface area contributed by atoms with Gasteiger partial charge in [0, 0.05) is 0 Å². The maximum Gasteiger partial charge on any atom is 0.343 e. The SMILES string of the molecule is CC(C#N)C1=NOC(=O)C1C. The number of rotatable bonds is 1. The van der Waals surface area contributed by atoms with Crippen LogP contribution in [0.1, 0.15) is 13.8 Å². The smallest absolute Gasteiger partial charge is 0.318 e. The number of carbonyl (C=O) groups is 1. The van der Waals surface area contributed by atoms with Crippen LogP contribution in [-0.4, -0.2) is 11.7 Å². The lowest BCUT2D eigenvalue weighted by Crippen LogP contribution is -2.19. The summed E-state index contributed by atoms with van der Waals surface area (Å²) >= 11 is 0. The molecule has 1 heterocycles. The zero-order chi connectivity index (χ0) is 8.43. The molecule has 0 amide bonds. The minimum Gasteiger partial charge on any atom is -0.318 e. The van der Waals surface area contributed by atoms with Gasteiger partial charge in [0.05, 0.1) is 23.6 Å². The molecule has 0 aromatic carbocycles. The van der Waals surface area contributed by atoms with Gasteiger partial charge in [-0.15, -0.1) is 0 Å². The summed E-state index contributed by atoms with van der Waals surface area (Å²) in [6.45, 7) is 3.37. The van der Waals surface area contributed by atoms with E-state index in [0.29, 0.717) is 5.71 Å². The first-order valence-electron chi connectivity index (χ1n) is 3.35. The lowest BCUT2D eigenvalue weighted by atomic mass is 9.96. The van der Waals surface area contributed by atoms with E-state index in [0.717, 1.165) is 0 Å². The van der Waals surface area contributed by atoms with E-state index in [9.17, 15) is 4.79 Å². The fourth-order valence-electron chi connectivity index (χ4n) is 0.897. The van der Waals surface area contributed by atoms with Crippen LogP contribution >= 0.6 is 0 Å². The van der Waals surface area contributed by atoms with Crippen molar-refractivity contribution < 1.29 is 9.63 Å². The molecule has 58 valence electrons. The molecule has 0 saturated heterocycles. The van der Waals surface area contributed by atoms with Crippen LogP contribution in [0.15, 0.2) is 5.16 Å². The molecule has 0 fully saturated rings. The van der Waals surface area contributed by atoms with Crippen molar-refractivity contribution in [1.82, 2.24) is 0 Å². The zero-order valence-electron chi connectivity index (χ0n) is 6.37. The molecular formula is C7H8N2O2. The first-order chi connectivity index (χ1) is 5.16. The first kappa shape index (κ1) is 7.73. The minimum atomic E-state index is -0.373. The fourth-order valence-corrected chi connectivity index (χ4v) is 0.897. The third-order valence-electron chi connectivity index (χ3n) is 1.68. The average Bonchev–Trinajstić information content (AvgIpc) is 2.32. The molecule has 2 atom stereocenters. The van der Waals surface area contributed by atoms with Crippen LogP contribution in [0.25, 0.3) is 0 Å². The fraction of sp³-hybridized carbons (Fsp3) is 0.571. The molecule has 1 rings (SSSR count). The van der Waals surface area contributed by atoms with Gasteiger partial charge in [0.2, 0.25) is 0 Å². The number of hydrogen-bond donors (Lipinski definition) is 0. The lowest BCUT2D eigenvalue weighted by molar-refractivity contribution is -0.142. The van der Waals surface area contributed by atoms with Crippen LogP contribution in [0.2, 0.25) is 0 Å². The van der Waals surface area contributed by atoms with E-state index in [-0.39, 0.29) is 17.8 Å². The van der Waals surface area contributed by atoms with E-state index in [1.807, 2.05) is 6.07 Å². The van der Waals surface area contributed by atoms with Gasteiger partial charge in [0.1, 0.15) is 0 Å². The number of nitrogens with zero attached hydrogens (tertiary/aromatic N) is 2. The van der Waals surface area contributed by atoms with Crippen molar-refractivity contribution in [1.29, 1.82) is 5.26 Å². The van der Waals surface area contributed by atoms with Gasteiger partial charge in [-0.05, 0) is 13.8 Å². The molecule has 0 saturated carbocycles. The highest BCUT2D eigenvalue weighted by atomic mass is 16.7. The highest BCUT2D eigenvalue weighted by molar-refractivity contribution is 6.06. The summed E-state index contributed by atoms with van der Waals surface area (Å²) in [6.07, 6.45) is 0.